The standard InChI is InChI=1S/C7H4ClF2NO2/c8-4-1-3(13-7(11)12)2-5(9)6(4)10/h1-2H,(H2,11,12). The normalized spacial score (nSPS) is 9.77. The van der Waals surface area contributed by atoms with Gasteiger partial charge in [0.15, 0.2) is 11.6 Å². The lowest BCUT2D eigenvalue weighted by Gasteiger charge is -2.02. The van der Waals surface area contributed by atoms with Crippen molar-refractivity contribution in [1.29, 1.82) is 0 Å². The molecule has 0 fully saturated rings. The Hall–Kier alpha value is -1.36. The Bertz CT molecular complexity index is 333. The summed E-state index contributed by atoms with van der Waals surface area (Å²) in [5.74, 6) is -2.64. The first kappa shape index (κ1) is 9.73. The van der Waals surface area contributed by atoms with Crippen molar-refractivity contribution >= 4 is 17.7 Å². The van der Waals surface area contributed by atoms with Crippen LogP contribution < -0.4 is 10.5 Å². The monoisotopic (exact) mass is 207 g/mol. The van der Waals surface area contributed by atoms with Gasteiger partial charge in [0, 0.05) is 12.1 Å². The van der Waals surface area contributed by atoms with E-state index in [-0.39, 0.29) is 5.75 Å². The average Bonchev–Trinajstić information content (AvgIpc) is 1.98. The van der Waals surface area contributed by atoms with Gasteiger partial charge in [0.05, 0.1) is 5.02 Å². The molecule has 1 rings (SSSR count). The molecular weight excluding hydrogens is 204 g/mol. The highest BCUT2D eigenvalue weighted by Crippen LogP contribution is 2.24. The Labute approximate surface area is 77.0 Å². The summed E-state index contributed by atoms with van der Waals surface area (Å²) in [7, 11) is 0. The van der Waals surface area contributed by atoms with Crippen molar-refractivity contribution in [3.63, 3.8) is 0 Å². The van der Waals surface area contributed by atoms with Crippen LogP contribution in [0.15, 0.2) is 12.1 Å². The van der Waals surface area contributed by atoms with Gasteiger partial charge in [-0.15, -0.1) is 0 Å². The molecule has 0 heterocycles. The molecule has 0 saturated carbocycles. The van der Waals surface area contributed by atoms with E-state index in [2.05, 4.69) is 10.5 Å². The maximum atomic E-state index is 12.6. The van der Waals surface area contributed by atoms with Crippen molar-refractivity contribution in [2.75, 3.05) is 0 Å². The minimum atomic E-state index is -1.20. The Morgan fingerprint density at radius 1 is 1.46 bits per heavy atom. The Kier molecular flexibility index (Phi) is 2.67. The van der Waals surface area contributed by atoms with Crippen molar-refractivity contribution < 1.29 is 18.3 Å². The van der Waals surface area contributed by atoms with E-state index >= 15 is 0 Å². The minimum absolute atomic E-state index is 0.239. The van der Waals surface area contributed by atoms with E-state index < -0.39 is 22.8 Å². The molecule has 0 spiro atoms. The number of hydrogen-bond acceptors (Lipinski definition) is 2. The fraction of sp³-hybridized carbons (Fsp3) is 0. The van der Waals surface area contributed by atoms with Crippen LogP contribution in [0.25, 0.3) is 0 Å². The van der Waals surface area contributed by atoms with Crippen LogP contribution in [0.1, 0.15) is 0 Å². The lowest BCUT2D eigenvalue weighted by atomic mass is 10.3. The summed E-state index contributed by atoms with van der Waals surface area (Å²) in [5.41, 5.74) is 4.64. The smallest absolute Gasteiger partial charge is 0.409 e. The van der Waals surface area contributed by atoms with Crippen LogP contribution in [-0.4, -0.2) is 6.09 Å². The zero-order valence-electron chi connectivity index (χ0n) is 6.18. The Balaban J connectivity index is 3.06. The average molecular weight is 208 g/mol. The third-order valence-electron chi connectivity index (χ3n) is 1.18. The third kappa shape index (κ3) is 2.29. The van der Waals surface area contributed by atoms with Crippen LogP contribution in [0.2, 0.25) is 5.02 Å². The maximum absolute atomic E-state index is 12.6. The fourth-order valence-corrected chi connectivity index (χ4v) is 0.905. The predicted octanol–water partition coefficient (Wildman–Crippen LogP) is 2.08. The van der Waals surface area contributed by atoms with E-state index in [9.17, 15) is 13.6 Å². The number of rotatable bonds is 1. The molecule has 3 nitrogen and oxygen atoms in total. The molecule has 2 N–H and O–H groups in total. The molecule has 70 valence electrons. The molecule has 0 saturated heterocycles. The highest BCUT2D eigenvalue weighted by molar-refractivity contribution is 6.30. The lowest BCUT2D eigenvalue weighted by Crippen LogP contribution is -2.16. The molecule has 13 heavy (non-hydrogen) atoms. The summed E-state index contributed by atoms with van der Waals surface area (Å²) in [6.07, 6.45) is -1.12. The van der Waals surface area contributed by atoms with Gasteiger partial charge in [-0.3, -0.25) is 0 Å². The van der Waals surface area contributed by atoms with Crippen molar-refractivity contribution in [1.82, 2.24) is 0 Å². The number of primary amides is 1. The molecule has 1 amide bonds. The summed E-state index contributed by atoms with van der Waals surface area (Å²) in [6.45, 7) is 0. The number of halogens is 3. The van der Waals surface area contributed by atoms with Crippen molar-refractivity contribution in [2.24, 2.45) is 5.73 Å². The van der Waals surface area contributed by atoms with Crippen molar-refractivity contribution in [3.05, 3.63) is 28.8 Å². The van der Waals surface area contributed by atoms with Crippen molar-refractivity contribution in [2.45, 2.75) is 0 Å². The van der Waals surface area contributed by atoms with Gasteiger partial charge in [-0.25, -0.2) is 13.6 Å². The second-order valence-electron chi connectivity index (χ2n) is 2.12. The second-order valence-corrected chi connectivity index (χ2v) is 2.53. The number of carbonyl (C=O) groups excluding carboxylic acids is 1. The molecule has 0 unspecified atom stereocenters. The van der Waals surface area contributed by atoms with Gasteiger partial charge < -0.3 is 10.5 Å². The number of carbonyl (C=O) groups is 1. The predicted molar refractivity (Wildman–Crippen MR) is 41.6 cm³/mol. The van der Waals surface area contributed by atoms with Gasteiger partial charge in [-0.05, 0) is 0 Å². The van der Waals surface area contributed by atoms with Crippen LogP contribution in [-0.2, 0) is 0 Å². The lowest BCUT2D eigenvalue weighted by molar-refractivity contribution is 0.210. The molecule has 0 atom stereocenters. The van der Waals surface area contributed by atoms with Gasteiger partial charge in [-0.2, -0.15) is 0 Å². The summed E-state index contributed by atoms with van der Waals surface area (Å²) < 4.78 is 29.4. The zero-order valence-corrected chi connectivity index (χ0v) is 6.94. The topological polar surface area (TPSA) is 52.3 Å². The molecule has 0 bridgehead atoms. The summed E-state index contributed by atoms with van der Waals surface area (Å²) in [5, 5.41) is -0.476. The van der Waals surface area contributed by atoms with E-state index in [0.29, 0.717) is 6.07 Å². The molecule has 1 aromatic rings. The third-order valence-corrected chi connectivity index (χ3v) is 1.45. The number of benzene rings is 1. The molecule has 0 aromatic heterocycles. The van der Waals surface area contributed by atoms with Gasteiger partial charge in [0.1, 0.15) is 5.75 Å². The molecule has 0 aliphatic carbocycles. The molecule has 1 aromatic carbocycles. The van der Waals surface area contributed by atoms with E-state index in [1.165, 1.54) is 0 Å². The minimum Gasteiger partial charge on any atom is -0.410 e. The molecule has 0 aliphatic heterocycles. The second kappa shape index (κ2) is 3.57. The number of amides is 1. The van der Waals surface area contributed by atoms with Crippen LogP contribution in [0.4, 0.5) is 13.6 Å². The summed E-state index contributed by atoms with van der Waals surface area (Å²) >= 11 is 5.26. The van der Waals surface area contributed by atoms with Crippen LogP contribution in [0.5, 0.6) is 5.75 Å². The quantitative estimate of drug-likeness (QED) is 0.717. The highest BCUT2D eigenvalue weighted by Gasteiger charge is 2.10. The summed E-state index contributed by atoms with van der Waals surface area (Å²) in [6, 6.07) is 1.62. The van der Waals surface area contributed by atoms with Gasteiger partial charge in [0.25, 0.3) is 0 Å². The van der Waals surface area contributed by atoms with Crippen molar-refractivity contribution in [3.8, 4) is 5.75 Å². The first-order valence-corrected chi connectivity index (χ1v) is 3.50. The van der Waals surface area contributed by atoms with Crippen LogP contribution in [0.3, 0.4) is 0 Å². The van der Waals surface area contributed by atoms with Gasteiger partial charge in [-0.1, -0.05) is 11.6 Å². The molecular formula is C7H4ClF2NO2. The van der Waals surface area contributed by atoms with Gasteiger partial charge >= 0.3 is 6.09 Å². The zero-order chi connectivity index (χ0) is 10.0. The first-order chi connectivity index (χ1) is 6.00. The highest BCUT2D eigenvalue weighted by atomic mass is 35.5. The maximum Gasteiger partial charge on any atom is 0.409 e. The van der Waals surface area contributed by atoms with E-state index in [1.807, 2.05) is 0 Å². The number of hydrogen-bond donors (Lipinski definition) is 1. The Morgan fingerprint density at radius 2 is 2.08 bits per heavy atom. The molecule has 0 aliphatic rings. The Morgan fingerprint density at radius 3 is 2.54 bits per heavy atom. The van der Waals surface area contributed by atoms with E-state index in [1.54, 1.807) is 0 Å². The molecule has 0 radical (unpaired) electrons. The number of ether oxygens (including phenoxy) is 1. The first-order valence-electron chi connectivity index (χ1n) is 3.12. The van der Waals surface area contributed by atoms with Crippen LogP contribution in [0, 0.1) is 11.6 Å². The molecule has 6 heteroatoms. The van der Waals surface area contributed by atoms with E-state index in [0.717, 1.165) is 6.07 Å². The number of nitrogens with two attached hydrogens (primary N) is 1. The van der Waals surface area contributed by atoms with Crippen LogP contribution >= 0.6 is 11.6 Å². The fourth-order valence-electron chi connectivity index (χ4n) is 0.707. The largest absolute Gasteiger partial charge is 0.410 e. The SMILES string of the molecule is NC(=O)Oc1cc(F)c(F)c(Cl)c1. The van der Waals surface area contributed by atoms with Gasteiger partial charge in [0.2, 0.25) is 0 Å². The summed E-state index contributed by atoms with van der Waals surface area (Å²) in [4.78, 5) is 10.2. The van der Waals surface area contributed by atoms with E-state index in [4.69, 9.17) is 11.6 Å².